The number of benzene rings is 1. The van der Waals surface area contributed by atoms with Gasteiger partial charge >= 0.3 is 0 Å². The standard InChI is InChI=1S/C21H24N6O3.2H2/c1-29-10-11-30-13-18(28)27-8-6-14(7-9-27)17-12-23-20(22)19(24-17)21-25-15-4-2-3-5-16(15)26-21;;/h2-6,12H,7-11,13H2,1H3,(H2,22,23)(H,25,26);2*1H. The van der Waals surface area contributed by atoms with Gasteiger partial charge in [0.2, 0.25) is 5.91 Å². The molecule has 2 aromatic heterocycles. The molecule has 0 radical (unpaired) electrons. The Hall–Kier alpha value is -3.30. The molecule has 3 N–H and O–H groups in total. The van der Waals surface area contributed by atoms with Crippen LogP contribution in [0.1, 0.15) is 15.0 Å². The molecular formula is C21H28N6O3. The molecule has 3 aromatic rings. The van der Waals surface area contributed by atoms with E-state index < -0.39 is 0 Å². The number of methoxy groups -OCH3 is 1. The van der Waals surface area contributed by atoms with Crippen molar-refractivity contribution in [2.75, 3.05) is 45.8 Å². The van der Waals surface area contributed by atoms with Crippen molar-refractivity contribution in [1.82, 2.24) is 24.8 Å². The van der Waals surface area contributed by atoms with Crippen molar-refractivity contribution in [2.45, 2.75) is 6.42 Å². The molecule has 4 rings (SSSR count). The fourth-order valence-corrected chi connectivity index (χ4v) is 3.31. The van der Waals surface area contributed by atoms with Crippen LogP contribution in [0.3, 0.4) is 0 Å². The normalized spacial score (nSPS) is 14.2. The molecule has 0 aliphatic carbocycles. The molecular weight excluding hydrogens is 384 g/mol. The van der Waals surface area contributed by atoms with Gasteiger partial charge in [0.1, 0.15) is 12.3 Å². The zero-order valence-corrected chi connectivity index (χ0v) is 16.8. The maximum atomic E-state index is 12.2. The van der Waals surface area contributed by atoms with Crippen LogP contribution in [0, 0.1) is 0 Å². The second kappa shape index (κ2) is 9.02. The highest BCUT2D eigenvalue weighted by atomic mass is 16.5. The van der Waals surface area contributed by atoms with E-state index in [2.05, 4.69) is 15.0 Å². The van der Waals surface area contributed by atoms with Crippen molar-refractivity contribution in [3.63, 3.8) is 0 Å². The zero-order valence-electron chi connectivity index (χ0n) is 16.8. The van der Waals surface area contributed by atoms with E-state index in [9.17, 15) is 4.79 Å². The van der Waals surface area contributed by atoms with Crippen LogP contribution in [-0.2, 0) is 14.3 Å². The van der Waals surface area contributed by atoms with Crippen molar-refractivity contribution in [3.8, 4) is 11.5 Å². The maximum Gasteiger partial charge on any atom is 0.248 e. The Morgan fingerprint density at radius 1 is 1.30 bits per heavy atom. The number of hydrogen-bond donors (Lipinski definition) is 2. The van der Waals surface area contributed by atoms with Gasteiger partial charge in [-0.05, 0) is 24.1 Å². The van der Waals surface area contributed by atoms with E-state index in [-0.39, 0.29) is 15.4 Å². The van der Waals surface area contributed by atoms with Crippen LogP contribution in [0.2, 0.25) is 0 Å². The predicted octanol–water partition coefficient (Wildman–Crippen LogP) is 2.37. The van der Waals surface area contributed by atoms with Crippen LogP contribution in [0.25, 0.3) is 28.1 Å². The number of carbonyl (C=O) groups excluding carboxylic acids is 1. The van der Waals surface area contributed by atoms with Crippen molar-refractivity contribution in [3.05, 3.63) is 42.2 Å². The molecule has 160 valence electrons. The lowest BCUT2D eigenvalue weighted by Crippen LogP contribution is -2.37. The number of nitrogen functional groups attached to an aromatic ring is 1. The van der Waals surface area contributed by atoms with Gasteiger partial charge in [-0.1, -0.05) is 18.2 Å². The molecule has 0 atom stereocenters. The Morgan fingerprint density at radius 2 is 2.17 bits per heavy atom. The van der Waals surface area contributed by atoms with Gasteiger partial charge in [-0.3, -0.25) is 4.79 Å². The van der Waals surface area contributed by atoms with Crippen LogP contribution in [-0.4, -0.2) is 70.8 Å². The second-order valence-electron chi connectivity index (χ2n) is 6.96. The SMILES string of the molecule is COCCOCC(=O)N1CC=C(c2cnc(N)c(-c3nc4ccccc4[nH]3)n2)CC1.[HH].[HH]. The first-order valence-corrected chi connectivity index (χ1v) is 9.77. The number of rotatable bonds is 7. The average molecular weight is 412 g/mol. The van der Waals surface area contributed by atoms with Gasteiger partial charge in [-0.25, -0.2) is 15.0 Å². The summed E-state index contributed by atoms with van der Waals surface area (Å²) in [5, 5.41) is 0. The van der Waals surface area contributed by atoms with Gasteiger partial charge in [0.15, 0.2) is 11.6 Å². The number of aromatic amines is 1. The van der Waals surface area contributed by atoms with E-state index in [1.54, 1.807) is 18.2 Å². The lowest BCUT2D eigenvalue weighted by molar-refractivity contribution is -0.136. The number of para-hydroxylation sites is 2. The Morgan fingerprint density at radius 3 is 2.93 bits per heavy atom. The quantitative estimate of drug-likeness (QED) is 0.572. The number of amides is 1. The Bertz CT molecular complexity index is 1060. The highest BCUT2D eigenvalue weighted by Gasteiger charge is 2.20. The third kappa shape index (κ3) is 4.32. The smallest absolute Gasteiger partial charge is 0.248 e. The first-order chi connectivity index (χ1) is 14.7. The van der Waals surface area contributed by atoms with Gasteiger partial charge < -0.3 is 25.1 Å². The summed E-state index contributed by atoms with van der Waals surface area (Å²) in [7, 11) is 1.60. The number of nitrogens with two attached hydrogens (primary N) is 1. The molecule has 9 nitrogen and oxygen atoms in total. The van der Waals surface area contributed by atoms with Crippen LogP contribution in [0.5, 0.6) is 0 Å². The molecule has 0 bridgehead atoms. The van der Waals surface area contributed by atoms with Gasteiger partial charge in [0.05, 0.1) is 36.1 Å². The monoisotopic (exact) mass is 412 g/mol. The van der Waals surface area contributed by atoms with E-state index in [4.69, 9.17) is 20.2 Å². The Balaban J connectivity index is 0.00000181. The molecule has 9 heteroatoms. The first-order valence-electron chi connectivity index (χ1n) is 9.77. The molecule has 0 fully saturated rings. The van der Waals surface area contributed by atoms with Crippen molar-refractivity contribution >= 4 is 28.3 Å². The van der Waals surface area contributed by atoms with Crippen LogP contribution < -0.4 is 5.73 Å². The lowest BCUT2D eigenvalue weighted by atomic mass is 10.0. The van der Waals surface area contributed by atoms with Crippen molar-refractivity contribution in [1.29, 1.82) is 0 Å². The van der Waals surface area contributed by atoms with Gasteiger partial charge in [0, 0.05) is 23.1 Å². The number of aromatic nitrogens is 4. The highest BCUT2D eigenvalue weighted by Crippen LogP contribution is 2.26. The fourth-order valence-electron chi connectivity index (χ4n) is 3.31. The number of imidazole rings is 1. The third-order valence-electron chi connectivity index (χ3n) is 4.96. The van der Waals surface area contributed by atoms with E-state index in [0.717, 1.165) is 22.3 Å². The molecule has 1 aliphatic rings. The van der Waals surface area contributed by atoms with Gasteiger partial charge in [-0.15, -0.1) is 0 Å². The molecule has 0 spiro atoms. The topological polar surface area (TPSA) is 119 Å². The summed E-state index contributed by atoms with van der Waals surface area (Å²) < 4.78 is 10.2. The minimum absolute atomic E-state index is 0. The molecule has 1 aliphatic heterocycles. The van der Waals surface area contributed by atoms with Gasteiger partial charge in [0.25, 0.3) is 0 Å². The summed E-state index contributed by atoms with van der Waals surface area (Å²) in [6, 6.07) is 7.75. The molecule has 0 unspecified atom stereocenters. The third-order valence-corrected chi connectivity index (χ3v) is 4.96. The molecule has 3 heterocycles. The molecule has 0 saturated heterocycles. The van der Waals surface area contributed by atoms with E-state index in [1.807, 2.05) is 30.3 Å². The summed E-state index contributed by atoms with van der Waals surface area (Å²) in [5.41, 5.74) is 10.1. The predicted molar refractivity (Wildman–Crippen MR) is 118 cm³/mol. The number of nitrogens with zero attached hydrogens (tertiary/aromatic N) is 4. The van der Waals surface area contributed by atoms with E-state index in [0.29, 0.717) is 50.1 Å². The van der Waals surface area contributed by atoms with Crippen LogP contribution >= 0.6 is 0 Å². The maximum absolute atomic E-state index is 12.2. The summed E-state index contributed by atoms with van der Waals surface area (Å²) in [5.74, 6) is 0.872. The highest BCUT2D eigenvalue weighted by molar-refractivity contribution is 5.81. The molecule has 1 aromatic carbocycles. The average Bonchev–Trinajstić information content (AvgIpc) is 3.21. The summed E-state index contributed by atoms with van der Waals surface area (Å²) in [6.07, 6.45) is 4.35. The minimum atomic E-state index is -0.0345. The zero-order chi connectivity index (χ0) is 20.9. The molecule has 1 amide bonds. The summed E-state index contributed by atoms with van der Waals surface area (Å²) >= 11 is 0. The number of H-pyrrole nitrogens is 1. The van der Waals surface area contributed by atoms with Crippen LogP contribution in [0.15, 0.2) is 36.5 Å². The number of ether oxygens (including phenoxy) is 2. The minimum Gasteiger partial charge on any atom is -0.382 e. The van der Waals surface area contributed by atoms with E-state index >= 15 is 0 Å². The van der Waals surface area contributed by atoms with Crippen molar-refractivity contribution < 1.29 is 17.1 Å². The Labute approximate surface area is 176 Å². The number of hydrogen-bond acceptors (Lipinski definition) is 7. The van der Waals surface area contributed by atoms with Gasteiger partial charge in [-0.2, -0.15) is 0 Å². The second-order valence-corrected chi connectivity index (χ2v) is 6.96. The first kappa shape index (κ1) is 20.0. The fraction of sp³-hybridized carbons (Fsp3) is 0.333. The largest absolute Gasteiger partial charge is 0.382 e. The van der Waals surface area contributed by atoms with Crippen molar-refractivity contribution in [2.24, 2.45) is 0 Å². The number of anilines is 1. The number of nitrogens with one attached hydrogen (secondary N) is 1. The number of carbonyl (C=O) groups is 1. The summed E-state index contributed by atoms with van der Waals surface area (Å²) in [4.78, 5) is 30.9. The Kier molecular flexibility index (Phi) is 6.01. The molecule has 30 heavy (non-hydrogen) atoms. The lowest BCUT2D eigenvalue weighted by Gasteiger charge is -2.26. The van der Waals surface area contributed by atoms with E-state index in [1.165, 1.54) is 0 Å². The number of fused-ring (bicyclic) bond motifs is 1. The molecule has 0 saturated carbocycles. The summed E-state index contributed by atoms with van der Waals surface area (Å²) in [6.45, 7) is 2.05. The van der Waals surface area contributed by atoms with Crippen LogP contribution in [0.4, 0.5) is 5.82 Å².